The van der Waals surface area contributed by atoms with Crippen molar-refractivity contribution in [3.8, 4) is 5.75 Å². The number of rotatable bonds is 4. The quantitative estimate of drug-likeness (QED) is 0.394. The maximum atomic E-state index is 13.3. The van der Waals surface area contributed by atoms with E-state index in [2.05, 4.69) is 58.0 Å². The summed E-state index contributed by atoms with van der Waals surface area (Å²) in [6.07, 6.45) is 0.395. The summed E-state index contributed by atoms with van der Waals surface area (Å²) in [6, 6.07) is 21.5. The van der Waals surface area contributed by atoms with Gasteiger partial charge in [0.15, 0.2) is 0 Å². The van der Waals surface area contributed by atoms with Crippen LogP contribution in [0.1, 0.15) is 47.9 Å². The molecule has 0 bridgehead atoms. The van der Waals surface area contributed by atoms with Gasteiger partial charge in [-0.25, -0.2) is 13.7 Å². The molecular formula is C28H27F3N2O2S. The predicted molar refractivity (Wildman–Crippen MR) is 134 cm³/mol. The molecule has 1 fully saturated rings. The molecular weight excluding hydrogens is 485 g/mol. The van der Waals surface area contributed by atoms with Crippen LogP contribution in [0, 0.1) is 4.78 Å². The summed E-state index contributed by atoms with van der Waals surface area (Å²) in [7, 11) is -3.41. The van der Waals surface area contributed by atoms with Gasteiger partial charge in [0.25, 0.3) is 0 Å². The van der Waals surface area contributed by atoms with E-state index in [-0.39, 0.29) is 10.9 Å². The lowest BCUT2D eigenvalue weighted by molar-refractivity contribution is -0.274. The highest BCUT2D eigenvalue weighted by atomic mass is 32.2. The summed E-state index contributed by atoms with van der Waals surface area (Å²) in [4.78, 5) is 0.127. The first-order valence-electron chi connectivity index (χ1n) is 12.0. The van der Waals surface area contributed by atoms with Gasteiger partial charge in [0.2, 0.25) is 0 Å². The van der Waals surface area contributed by atoms with Crippen molar-refractivity contribution >= 4 is 15.5 Å². The molecule has 2 N–H and O–H groups in total. The first-order chi connectivity index (χ1) is 17.2. The van der Waals surface area contributed by atoms with Crippen LogP contribution in [-0.2, 0) is 22.8 Å². The van der Waals surface area contributed by atoms with E-state index in [0.717, 1.165) is 44.2 Å². The van der Waals surface area contributed by atoms with Gasteiger partial charge in [-0.3, -0.25) is 0 Å². The predicted octanol–water partition coefficient (Wildman–Crippen LogP) is 7.04. The van der Waals surface area contributed by atoms with E-state index in [9.17, 15) is 17.4 Å². The zero-order valence-electron chi connectivity index (χ0n) is 19.6. The minimum absolute atomic E-state index is 0.127. The van der Waals surface area contributed by atoms with E-state index >= 15 is 0 Å². The summed E-state index contributed by atoms with van der Waals surface area (Å²) >= 11 is 0. The molecule has 3 aromatic carbocycles. The van der Waals surface area contributed by atoms with Gasteiger partial charge in [0.05, 0.1) is 4.90 Å². The van der Waals surface area contributed by atoms with E-state index in [1.54, 1.807) is 0 Å². The molecule has 0 amide bonds. The van der Waals surface area contributed by atoms with Crippen LogP contribution in [0.2, 0.25) is 0 Å². The van der Waals surface area contributed by atoms with Crippen LogP contribution in [0.5, 0.6) is 5.75 Å². The van der Waals surface area contributed by atoms with E-state index in [1.807, 2.05) is 0 Å². The van der Waals surface area contributed by atoms with Crippen molar-refractivity contribution in [1.29, 1.82) is 4.78 Å². The van der Waals surface area contributed by atoms with Gasteiger partial charge in [-0.15, -0.1) is 13.2 Å². The number of benzene rings is 3. The van der Waals surface area contributed by atoms with Crippen LogP contribution < -0.4 is 9.46 Å². The first-order valence-corrected chi connectivity index (χ1v) is 13.6. The van der Waals surface area contributed by atoms with Crippen LogP contribution >= 0.6 is 0 Å². The Bertz CT molecular complexity index is 1350. The SMILES string of the molecule is N=S(=O)(NC1CCCC(=C2c3ccccc3CCc3ccccc32)C1)c1ccc(OC(F)(F)F)cc1. The molecule has 188 valence electrons. The van der Waals surface area contributed by atoms with Crippen molar-refractivity contribution in [2.24, 2.45) is 0 Å². The molecule has 0 heterocycles. The van der Waals surface area contributed by atoms with Gasteiger partial charge in [0.1, 0.15) is 15.7 Å². The fourth-order valence-electron chi connectivity index (χ4n) is 5.29. The van der Waals surface area contributed by atoms with Crippen LogP contribution in [0.3, 0.4) is 0 Å². The smallest absolute Gasteiger partial charge is 0.406 e. The topological polar surface area (TPSA) is 62.2 Å². The second-order valence-electron chi connectivity index (χ2n) is 9.28. The second-order valence-corrected chi connectivity index (χ2v) is 11.1. The molecule has 1 saturated carbocycles. The Morgan fingerprint density at radius 1 is 0.861 bits per heavy atom. The minimum atomic E-state index is -4.80. The molecule has 4 nitrogen and oxygen atoms in total. The molecule has 2 aliphatic carbocycles. The highest BCUT2D eigenvalue weighted by Crippen LogP contribution is 2.40. The van der Waals surface area contributed by atoms with Gasteiger partial charge in [0, 0.05) is 6.04 Å². The van der Waals surface area contributed by atoms with Crippen LogP contribution in [0.15, 0.2) is 83.3 Å². The fraction of sp³-hybridized carbons (Fsp3) is 0.286. The van der Waals surface area contributed by atoms with Gasteiger partial charge in [-0.2, -0.15) is 0 Å². The number of aryl methyl sites for hydroxylation is 2. The number of halogens is 3. The lowest BCUT2D eigenvalue weighted by Gasteiger charge is -2.29. The molecule has 0 aliphatic heterocycles. The number of hydrogen-bond acceptors (Lipinski definition) is 3. The zero-order valence-corrected chi connectivity index (χ0v) is 20.4. The van der Waals surface area contributed by atoms with Crippen molar-refractivity contribution in [3.63, 3.8) is 0 Å². The van der Waals surface area contributed by atoms with E-state index < -0.39 is 22.0 Å². The zero-order chi connectivity index (χ0) is 25.3. The first kappa shape index (κ1) is 24.6. The third-order valence-electron chi connectivity index (χ3n) is 6.84. The largest absolute Gasteiger partial charge is 0.573 e. The lowest BCUT2D eigenvalue weighted by Crippen LogP contribution is -2.36. The molecule has 8 heteroatoms. The Balaban J connectivity index is 1.43. The van der Waals surface area contributed by atoms with Gasteiger partial charge in [-0.1, -0.05) is 54.1 Å². The van der Waals surface area contributed by atoms with Crippen molar-refractivity contribution < 1.29 is 22.1 Å². The Hall–Kier alpha value is -3.10. The fourth-order valence-corrected chi connectivity index (χ4v) is 6.61. The average molecular weight is 513 g/mol. The highest BCUT2D eigenvalue weighted by Gasteiger charge is 2.31. The Morgan fingerprint density at radius 3 is 2.03 bits per heavy atom. The minimum Gasteiger partial charge on any atom is -0.406 e. The molecule has 0 saturated heterocycles. The standard InChI is InChI=1S/C28H27F3N2O2S/c29-28(30,31)35-23-14-16-24(17-15-23)36(32,34)33-22-9-5-8-21(18-22)27-25-10-3-1-6-19(25)12-13-20-7-2-4-11-26(20)27/h1-4,6-7,10-11,14-17,22H,5,8-9,12-13,18H2,(H2,32,33,34). The maximum Gasteiger partial charge on any atom is 0.573 e. The molecule has 2 aliphatic rings. The normalized spacial score (nSPS) is 19.6. The van der Waals surface area contributed by atoms with Crippen molar-refractivity contribution in [2.75, 3.05) is 0 Å². The summed E-state index contributed by atoms with van der Waals surface area (Å²) in [5, 5.41) is 0. The van der Waals surface area contributed by atoms with Crippen molar-refractivity contribution in [2.45, 2.75) is 55.8 Å². The number of fused-ring (bicyclic) bond motifs is 2. The maximum absolute atomic E-state index is 13.3. The lowest BCUT2D eigenvalue weighted by atomic mass is 9.82. The number of ether oxygens (including phenoxy) is 1. The highest BCUT2D eigenvalue weighted by molar-refractivity contribution is 7.90. The van der Waals surface area contributed by atoms with E-state index in [4.69, 9.17) is 4.78 Å². The van der Waals surface area contributed by atoms with Crippen molar-refractivity contribution in [1.82, 2.24) is 4.72 Å². The molecule has 0 aromatic heterocycles. The third kappa shape index (κ3) is 5.34. The molecule has 2 atom stereocenters. The van der Waals surface area contributed by atoms with Crippen LogP contribution in [-0.4, -0.2) is 16.6 Å². The van der Waals surface area contributed by atoms with E-state index in [0.29, 0.717) is 6.42 Å². The molecule has 5 rings (SSSR count). The Kier molecular flexibility index (Phi) is 6.66. The number of nitrogens with one attached hydrogen (secondary N) is 2. The summed E-state index contributed by atoms with van der Waals surface area (Å²) in [6.45, 7) is 0. The van der Waals surface area contributed by atoms with Crippen LogP contribution in [0.25, 0.3) is 5.57 Å². The summed E-state index contributed by atoms with van der Waals surface area (Å²) in [5.74, 6) is -0.406. The molecule has 36 heavy (non-hydrogen) atoms. The Morgan fingerprint density at radius 2 is 1.44 bits per heavy atom. The monoisotopic (exact) mass is 512 g/mol. The van der Waals surface area contributed by atoms with Gasteiger partial charge < -0.3 is 4.74 Å². The summed E-state index contributed by atoms with van der Waals surface area (Å²) in [5.41, 5.74) is 7.64. The molecule has 0 spiro atoms. The second kappa shape index (κ2) is 9.75. The van der Waals surface area contributed by atoms with Crippen LogP contribution in [0.4, 0.5) is 13.2 Å². The molecule has 2 unspecified atom stereocenters. The van der Waals surface area contributed by atoms with Gasteiger partial charge in [-0.05, 0) is 90.6 Å². The summed E-state index contributed by atoms with van der Waals surface area (Å²) < 4.78 is 66.0. The third-order valence-corrected chi connectivity index (χ3v) is 8.44. The number of hydrogen-bond donors (Lipinski definition) is 2. The van der Waals surface area contributed by atoms with E-state index in [1.165, 1.54) is 45.5 Å². The van der Waals surface area contributed by atoms with Gasteiger partial charge >= 0.3 is 6.36 Å². The Labute approximate surface area is 209 Å². The van der Waals surface area contributed by atoms with Crippen molar-refractivity contribution in [3.05, 3.63) is 101 Å². The average Bonchev–Trinajstić information content (AvgIpc) is 3.00. The number of alkyl halides is 3. The molecule has 3 aromatic rings. The molecule has 0 radical (unpaired) electrons.